The number of allylic oxidation sites excluding steroid dienone is 2. The summed E-state index contributed by atoms with van der Waals surface area (Å²) in [7, 11) is 0. The molecule has 1 heterocycles. The van der Waals surface area contributed by atoms with Gasteiger partial charge in [-0.3, -0.25) is 0 Å². The van der Waals surface area contributed by atoms with Gasteiger partial charge in [-0.1, -0.05) is 0 Å². The van der Waals surface area contributed by atoms with Crippen molar-refractivity contribution in [1.29, 1.82) is 0 Å². The Hall–Kier alpha value is 0.149. The van der Waals surface area contributed by atoms with Crippen LogP contribution >= 0.6 is 11.6 Å². The molecule has 0 saturated heterocycles. The molecule has 0 unspecified atom stereocenters. The Bertz CT molecular complexity index is 230. The summed E-state index contributed by atoms with van der Waals surface area (Å²) in [4.78, 5) is 0. The van der Waals surface area contributed by atoms with Crippen LogP contribution in [0.25, 0.3) is 0 Å². The van der Waals surface area contributed by atoms with Crippen molar-refractivity contribution in [3.63, 3.8) is 0 Å². The van der Waals surface area contributed by atoms with E-state index in [0.717, 1.165) is 5.57 Å². The molecular weight excluding hydrogens is 206 g/mol. The van der Waals surface area contributed by atoms with Crippen LogP contribution in [-0.2, 0) is 7.67 Å². The Morgan fingerprint density at radius 3 is 2.11 bits per heavy atom. The van der Waals surface area contributed by atoms with Gasteiger partial charge in [0.15, 0.2) is 0 Å². The van der Waals surface area contributed by atoms with Crippen molar-refractivity contribution in [3.8, 4) is 0 Å². The van der Waals surface area contributed by atoms with Gasteiger partial charge in [-0.15, -0.1) is 0 Å². The van der Waals surface area contributed by atoms with Crippen molar-refractivity contribution < 1.29 is 7.67 Å². The standard InChI is InChI=1S/C5H7ClO2Se/c1-4-2-9(7,8)3-5(4)6/h2-3H2,1H3. The first-order valence-corrected chi connectivity index (χ1v) is 6.76. The molecule has 0 saturated carbocycles. The summed E-state index contributed by atoms with van der Waals surface area (Å²) in [5.74, 6) is 0. The van der Waals surface area contributed by atoms with Gasteiger partial charge < -0.3 is 0 Å². The van der Waals surface area contributed by atoms with Crippen molar-refractivity contribution in [2.75, 3.05) is 0 Å². The van der Waals surface area contributed by atoms with E-state index in [1.165, 1.54) is 0 Å². The summed E-state index contributed by atoms with van der Waals surface area (Å²) >= 11 is 2.03. The fourth-order valence-corrected chi connectivity index (χ4v) is 5.18. The Morgan fingerprint density at radius 1 is 1.44 bits per heavy atom. The van der Waals surface area contributed by atoms with Gasteiger partial charge >= 0.3 is 60.1 Å². The van der Waals surface area contributed by atoms with E-state index in [4.69, 9.17) is 11.6 Å². The van der Waals surface area contributed by atoms with Crippen LogP contribution in [0.15, 0.2) is 10.6 Å². The summed E-state index contributed by atoms with van der Waals surface area (Å²) in [6.07, 6.45) is 0. The molecule has 0 radical (unpaired) electrons. The topological polar surface area (TPSA) is 34.1 Å². The number of hydrogen-bond donors (Lipinski definition) is 0. The van der Waals surface area contributed by atoms with Crippen LogP contribution < -0.4 is 0 Å². The van der Waals surface area contributed by atoms with Gasteiger partial charge in [0, 0.05) is 0 Å². The van der Waals surface area contributed by atoms with E-state index in [9.17, 15) is 7.67 Å². The summed E-state index contributed by atoms with van der Waals surface area (Å²) in [5.41, 5.74) is 0.821. The third kappa shape index (κ3) is 1.54. The van der Waals surface area contributed by atoms with Crippen molar-refractivity contribution in [2.45, 2.75) is 17.6 Å². The van der Waals surface area contributed by atoms with Gasteiger partial charge in [-0.2, -0.15) is 0 Å². The minimum atomic E-state index is -3.54. The Kier molecular flexibility index (Phi) is 1.68. The van der Waals surface area contributed by atoms with Crippen LogP contribution in [0.1, 0.15) is 6.92 Å². The monoisotopic (exact) mass is 214 g/mol. The van der Waals surface area contributed by atoms with E-state index in [0.29, 0.717) is 5.03 Å². The van der Waals surface area contributed by atoms with Crippen molar-refractivity contribution in [1.82, 2.24) is 0 Å². The number of hydrogen-bond acceptors (Lipinski definition) is 2. The van der Waals surface area contributed by atoms with Gasteiger partial charge in [0.25, 0.3) is 0 Å². The average molecular weight is 214 g/mol. The van der Waals surface area contributed by atoms with Gasteiger partial charge in [-0.25, -0.2) is 0 Å². The molecule has 0 bridgehead atoms. The number of rotatable bonds is 0. The molecule has 52 valence electrons. The normalized spacial score (nSPS) is 25.1. The van der Waals surface area contributed by atoms with Crippen molar-refractivity contribution in [3.05, 3.63) is 10.6 Å². The Morgan fingerprint density at radius 2 is 2.00 bits per heavy atom. The van der Waals surface area contributed by atoms with E-state index in [-0.39, 0.29) is 10.6 Å². The predicted molar refractivity (Wildman–Crippen MR) is 35.3 cm³/mol. The fourth-order valence-electron chi connectivity index (χ4n) is 0.775. The van der Waals surface area contributed by atoms with E-state index in [1.54, 1.807) is 6.92 Å². The van der Waals surface area contributed by atoms with Crippen molar-refractivity contribution >= 4 is 24.3 Å². The molecule has 0 spiro atoms. The molecule has 4 heteroatoms. The average Bonchev–Trinajstić information content (AvgIpc) is 1.79. The zero-order valence-corrected chi connectivity index (χ0v) is 7.49. The molecule has 0 amide bonds. The zero-order chi connectivity index (χ0) is 7.07. The molecule has 0 fully saturated rings. The minimum absolute atomic E-state index is 0.115. The van der Waals surface area contributed by atoms with E-state index in [2.05, 4.69) is 0 Å². The molecule has 0 aromatic heterocycles. The van der Waals surface area contributed by atoms with Crippen LogP contribution in [0.3, 0.4) is 0 Å². The summed E-state index contributed by atoms with van der Waals surface area (Å²) in [5, 5.41) is 0.860. The molecule has 0 atom stereocenters. The molecule has 1 aliphatic rings. The maximum atomic E-state index is 10.8. The molecule has 0 aliphatic carbocycles. The summed E-state index contributed by atoms with van der Waals surface area (Å²) in [6.45, 7) is 1.76. The third-order valence-electron chi connectivity index (χ3n) is 1.25. The van der Waals surface area contributed by atoms with E-state index < -0.39 is 12.7 Å². The van der Waals surface area contributed by atoms with Crippen LogP contribution in [0.2, 0.25) is 10.6 Å². The molecule has 9 heavy (non-hydrogen) atoms. The predicted octanol–water partition coefficient (Wildman–Crippen LogP) is 1.82. The van der Waals surface area contributed by atoms with Crippen LogP contribution in [0, 0.1) is 0 Å². The van der Waals surface area contributed by atoms with Crippen LogP contribution in [-0.4, -0.2) is 12.7 Å². The van der Waals surface area contributed by atoms with Gasteiger partial charge in [0.1, 0.15) is 0 Å². The van der Waals surface area contributed by atoms with Gasteiger partial charge in [0.2, 0.25) is 0 Å². The van der Waals surface area contributed by atoms with E-state index >= 15 is 0 Å². The molecule has 1 aliphatic heterocycles. The summed E-state index contributed by atoms with van der Waals surface area (Å²) in [6, 6.07) is 0. The third-order valence-corrected chi connectivity index (χ3v) is 5.42. The first-order chi connectivity index (χ1) is 4.01. The zero-order valence-electron chi connectivity index (χ0n) is 5.02. The Balaban J connectivity index is 2.95. The Labute approximate surface area is 60.5 Å². The quantitative estimate of drug-likeness (QED) is 0.575. The first-order valence-electron chi connectivity index (χ1n) is 2.56. The molecule has 0 N–H and O–H groups in total. The fraction of sp³-hybridized carbons (Fsp3) is 0.600. The number of halogens is 1. The molecule has 1 rings (SSSR count). The molecule has 2 nitrogen and oxygen atoms in total. The second-order valence-corrected chi connectivity index (χ2v) is 7.01. The molecular formula is C5H7ClO2Se. The maximum absolute atomic E-state index is 10.8. The second kappa shape index (κ2) is 2.08. The first kappa shape index (κ1) is 7.26. The van der Waals surface area contributed by atoms with Gasteiger partial charge in [0.05, 0.1) is 0 Å². The molecule has 0 aromatic rings. The SMILES string of the molecule is CC1=C(Cl)C[Se](=O)(=O)C1. The van der Waals surface area contributed by atoms with Crippen LogP contribution in [0.4, 0.5) is 0 Å². The van der Waals surface area contributed by atoms with Gasteiger partial charge in [-0.05, 0) is 0 Å². The van der Waals surface area contributed by atoms with Crippen LogP contribution in [0.5, 0.6) is 0 Å². The van der Waals surface area contributed by atoms with Crippen molar-refractivity contribution in [2.24, 2.45) is 0 Å². The second-order valence-electron chi connectivity index (χ2n) is 2.22. The van der Waals surface area contributed by atoms with E-state index in [1.807, 2.05) is 0 Å². The molecule has 0 aromatic carbocycles. The summed E-state index contributed by atoms with van der Waals surface area (Å²) < 4.78 is 21.6.